The Hall–Kier alpha value is -0.610. The third-order valence-corrected chi connectivity index (χ3v) is 4.49. The molecule has 0 spiro atoms. The summed E-state index contributed by atoms with van der Waals surface area (Å²) >= 11 is 3.48. The minimum Gasteiger partial charge on any atom is -0.355 e. The molecule has 1 aromatic heterocycles. The van der Waals surface area contributed by atoms with Gasteiger partial charge in [0.2, 0.25) is 0 Å². The fourth-order valence-corrected chi connectivity index (χ4v) is 2.74. The summed E-state index contributed by atoms with van der Waals surface area (Å²) in [6.07, 6.45) is 4.84. The maximum atomic E-state index is 6.21. The molecule has 0 bridgehead atoms. The quantitative estimate of drug-likeness (QED) is 0.913. The summed E-state index contributed by atoms with van der Waals surface area (Å²) in [7, 11) is 2.10. The lowest BCUT2D eigenvalue weighted by molar-refractivity contribution is 0.372. The highest BCUT2D eigenvalue weighted by molar-refractivity contribution is 9.10. The summed E-state index contributed by atoms with van der Waals surface area (Å²) in [5.41, 5.74) is 7.23. The molecule has 0 amide bonds. The van der Waals surface area contributed by atoms with Gasteiger partial charge >= 0.3 is 0 Å². The van der Waals surface area contributed by atoms with Crippen molar-refractivity contribution in [2.24, 2.45) is 5.73 Å². The number of aryl methyl sites for hydroxylation is 1. The van der Waals surface area contributed by atoms with E-state index in [0.717, 1.165) is 22.4 Å². The summed E-state index contributed by atoms with van der Waals surface area (Å²) in [4.78, 5) is 6.85. The number of aromatic nitrogens is 1. The van der Waals surface area contributed by atoms with E-state index in [1.165, 1.54) is 19.3 Å². The third kappa shape index (κ3) is 2.80. The number of likely N-dealkylation sites (N-methyl/N-ethyl adjacent to an activating group) is 1. The van der Waals surface area contributed by atoms with Crippen molar-refractivity contribution in [3.63, 3.8) is 0 Å². The van der Waals surface area contributed by atoms with Crippen LogP contribution in [-0.2, 0) is 0 Å². The molecule has 94 valence electrons. The van der Waals surface area contributed by atoms with Gasteiger partial charge in [0.15, 0.2) is 0 Å². The van der Waals surface area contributed by atoms with E-state index in [2.05, 4.69) is 45.0 Å². The lowest BCUT2D eigenvalue weighted by atomic mass is 9.90. The number of rotatable bonds is 2. The molecule has 2 rings (SSSR count). The van der Waals surface area contributed by atoms with Crippen molar-refractivity contribution >= 4 is 21.7 Å². The average molecular weight is 298 g/mol. The number of anilines is 1. The summed E-state index contributed by atoms with van der Waals surface area (Å²) in [5.74, 6) is 1.02. The first-order chi connectivity index (χ1) is 8.09. The number of hydrogen-bond acceptors (Lipinski definition) is 3. The summed E-state index contributed by atoms with van der Waals surface area (Å²) in [6, 6.07) is 4.82. The van der Waals surface area contributed by atoms with Crippen molar-refractivity contribution in [3.8, 4) is 0 Å². The Labute approximate surface area is 112 Å². The summed E-state index contributed by atoms with van der Waals surface area (Å²) in [6.45, 7) is 2.02. The maximum Gasteiger partial charge on any atom is 0.128 e. The van der Waals surface area contributed by atoms with E-state index in [0.29, 0.717) is 6.04 Å². The summed E-state index contributed by atoms with van der Waals surface area (Å²) in [5, 5.41) is 0. The highest BCUT2D eigenvalue weighted by Gasteiger charge is 2.26. The van der Waals surface area contributed by atoms with Crippen molar-refractivity contribution in [2.45, 2.75) is 44.7 Å². The zero-order valence-electron chi connectivity index (χ0n) is 10.5. The molecular weight excluding hydrogens is 278 g/mol. The number of nitrogens with zero attached hydrogens (tertiary/aromatic N) is 2. The van der Waals surface area contributed by atoms with E-state index >= 15 is 0 Å². The Morgan fingerprint density at radius 1 is 1.35 bits per heavy atom. The monoisotopic (exact) mass is 297 g/mol. The van der Waals surface area contributed by atoms with Gasteiger partial charge in [0.05, 0.1) is 5.69 Å². The largest absolute Gasteiger partial charge is 0.355 e. The highest BCUT2D eigenvalue weighted by Crippen LogP contribution is 2.26. The molecule has 0 aromatic carbocycles. The van der Waals surface area contributed by atoms with E-state index < -0.39 is 0 Å². The predicted molar refractivity (Wildman–Crippen MR) is 75.3 cm³/mol. The van der Waals surface area contributed by atoms with E-state index in [-0.39, 0.29) is 6.04 Å². The zero-order chi connectivity index (χ0) is 12.4. The number of nitrogens with two attached hydrogens (primary N) is 1. The topological polar surface area (TPSA) is 42.2 Å². The zero-order valence-corrected chi connectivity index (χ0v) is 12.1. The fraction of sp³-hybridized carbons (Fsp3) is 0.615. The van der Waals surface area contributed by atoms with Gasteiger partial charge in [0.25, 0.3) is 0 Å². The SMILES string of the molecule is Cc1nc(N(C)C2CCCCC2N)ccc1Br. The van der Waals surface area contributed by atoms with Crippen LogP contribution in [0.15, 0.2) is 16.6 Å². The third-order valence-electron chi connectivity index (χ3n) is 3.65. The number of hydrogen-bond donors (Lipinski definition) is 1. The molecule has 3 nitrogen and oxygen atoms in total. The standard InChI is InChI=1S/C13H20BrN3/c1-9-10(14)7-8-13(16-9)17(2)12-6-4-3-5-11(12)15/h7-8,11-12H,3-6,15H2,1-2H3. The van der Waals surface area contributed by atoms with Crippen LogP contribution in [0, 0.1) is 6.92 Å². The van der Waals surface area contributed by atoms with Gasteiger partial charge in [-0.1, -0.05) is 12.8 Å². The van der Waals surface area contributed by atoms with Crippen LogP contribution in [0.25, 0.3) is 0 Å². The Morgan fingerprint density at radius 3 is 2.71 bits per heavy atom. The Morgan fingerprint density at radius 2 is 2.06 bits per heavy atom. The average Bonchev–Trinajstić information content (AvgIpc) is 2.32. The first-order valence-corrected chi connectivity index (χ1v) is 7.00. The maximum absolute atomic E-state index is 6.21. The van der Waals surface area contributed by atoms with Crippen LogP contribution in [0.1, 0.15) is 31.4 Å². The smallest absolute Gasteiger partial charge is 0.128 e. The fourth-order valence-electron chi connectivity index (χ4n) is 2.52. The van der Waals surface area contributed by atoms with Crippen molar-refractivity contribution in [1.29, 1.82) is 0 Å². The van der Waals surface area contributed by atoms with E-state index in [1.54, 1.807) is 0 Å². The van der Waals surface area contributed by atoms with Gasteiger partial charge in [-0.2, -0.15) is 0 Å². The molecule has 1 aliphatic carbocycles. The molecule has 1 saturated carbocycles. The molecule has 2 N–H and O–H groups in total. The van der Waals surface area contributed by atoms with Crippen LogP contribution < -0.4 is 10.6 Å². The van der Waals surface area contributed by atoms with Crippen LogP contribution in [-0.4, -0.2) is 24.1 Å². The Kier molecular flexibility index (Phi) is 4.05. The van der Waals surface area contributed by atoms with Gasteiger partial charge in [0, 0.05) is 23.6 Å². The molecule has 0 aliphatic heterocycles. The molecule has 1 heterocycles. The highest BCUT2D eigenvalue weighted by atomic mass is 79.9. The molecule has 17 heavy (non-hydrogen) atoms. The molecule has 4 heteroatoms. The molecule has 1 aliphatic rings. The van der Waals surface area contributed by atoms with E-state index in [9.17, 15) is 0 Å². The molecule has 0 radical (unpaired) electrons. The number of halogens is 1. The second-order valence-electron chi connectivity index (χ2n) is 4.86. The van der Waals surface area contributed by atoms with Gasteiger partial charge in [-0.3, -0.25) is 0 Å². The van der Waals surface area contributed by atoms with Crippen LogP contribution >= 0.6 is 15.9 Å². The molecule has 1 fully saturated rings. The molecule has 2 unspecified atom stereocenters. The Balaban J connectivity index is 2.17. The molecule has 1 aromatic rings. The van der Waals surface area contributed by atoms with Gasteiger partial charge in [-0.15, -0.1) is 0 Å². The van der Waals surface area contributed by atoms with Crippen molar-refractivity contribution in [3.05, 3.63) is 22.3 Å². The predicted octanol–water partition coefficient (Wildman–Crippen LogP) is 2.86. The van der Waals surface area contributed by atoms with Crippen molar-refractivity contribution < 1.29 is 0 Å². The Bertz CT molecular complexity index is 394. The lowest BCUT2D eigenvalue weighted by Gasteiger charge is -2.36. The molecule has 2 atom stereocenters. The first kappa shape index (κ1) is 12.8. The first-order valence-electron chi connectivity index (χ1n) is 6.21. The normalized spacial score (nSPS) is 24.7. The van der Waals surface area contributed by atoms with Gasteiger partial charge in [-0.25, -0.2) is 4.98 Å². The minimum absolute atomic E-state index is 0.277. The second kappa shape index (κ2) is 5.36. The second-order valence-corrected chi connectivity index (χ2v) is 5.72. The van der Waals surface area contributed by atoms with Crippen molar-refractivity contribution in [1.82, 2.24) is 4.98 Å². The molecular formula is C13H20BrN3. The van der Waals surface area contributed by atoms with Crippen molar-refractivity contribution in [2.75, 3.05) is 11.9 Å². The minimum atomic E-state index is 0.277. The number of pyridine rings is 1. The van der Waals surface area contributed by atoms with Crippen LogP contribution in [0.3, 0.4) is 0 Å². The van der Waals surface area contributed by atoms with Gasteiger partial charge in [-0.05, 0) is 47.8 Å². The van der Waals surface area contributed by atoms with Crippen LogP contribution in [0.5, 0.6) is 0 Å². The van der Waals surface area contributed by atoms with E-state index in [1.807, 2.05) is 6.92 Å². The van der Waals surface area contributed by atoms with E-state index in [4.69, 9.17) is 5.73 Å². The molecule has 0 saturated heterocycles. The summed E-state index contributed by atoms with van der Waals surface area (Å²) < 4.78 is 1.06. The van der Waals surface area contributed by atoms with Gasteiger partial charge in [0.1, 0.15) is 5.82 Å². The van der Waals surface area contributed by atoms with Crippen LogP contribution in [0.2, 0.25) is 0 Å². The lowest BCUT2D eigenvalue weighted by Crippen LogP contribution is -2.48. The van der Waals surface area contributed by atoms with Gasteiger partial charge < -0.3 is 10.6 Å². The van der Waals surface area contributed by atoms with Crippen LogP contribution in [0.4, 0.5) is 5.82 Å².